The van der Waals surface area contributed by atoms with Gasteiger partial charge in [0, 0.05) is 31.4 Å². The van der Waals surface area contributed by atoms with Gasteiger partial charge in [0.05, 0.1) is 12.0 Å². The van der Waals surface area contributed by atoms with Crippen LogP contribution in [0.3, 0.4) is 0 Å². The molecule has 2 fully saturated rings. The molecule has 30 heavy (non-hydrogen) atoms. The van der Waals surface area contributed by atoms with Gasteiger partial charge < -0.3 is 20.9 Å². The van der Waals surface area contributed by atoms with Gasteiger partial charge in [-0.3, -0.25) is 9.59 Å². The largest absolute Gasteiger partial charge is 0.341 e. The Labute approximate surface area is 179 Å². The Morgan fingerprint density at radius 2 is 1.83 bits per heavy atom. The van der Waals surface area contributed by atoms with Crippen LogP contribution in [-0.2, 0) is 9.59 Å². The van der Waals surface area contributed by atoms with Crippen molar-refractivity contribution >= 4 is 17.5 Å². The molecule has 2 aliphatic rings. The number of halogens is 1. The summed E-state index contributed by atoms with van der Waals surface area (Å²) in [4.78, 5) is 29.4. The SMILES string of the molecule is CC(C)C[C@H](N)C(=O)N1CCC([C@H]2C[C@H](C(=O)Nc3ccc(F)cc3)CN2C)CC1. The van der Waals surface area contributed by atoms with Crippen molar-refractivity contribution in [2.45, 2.75) is 51.6 Å². The quantitative estimate of drug-likeness (QED) is 0.745. The molecule has 3 N–H and O–H groups in total. The molecule has 1 aromatic rings. The minimum atomic E-state index is -0.407. The van der Waals surface area contributed by atoms with Crippen LogP contribution >= 0.6 is 0 Å². The lowest BCUT2D eigenvalue weighted by Crippen LogP contribution is -2.49. The second-order valence-electron chi connectivity index (χ2n) is 9.33. The van der Waals surface area contributed by atoms with Crippen LogP contribution in [0.15, 0.2) is 24.3 Å². The maximum atomic E-state index is 13.1. The molecule has 0 saturated carbocycles. The number of amides is 2. The highest BCUT2D eigenvalue weighted by atomic mass is 19.1. The van der Waals surface area contributed by atoms with Gasteiger partial charge in [-0.1, -0.05) is 13.8 Å². The number of carbonyl (C=O) groups excluding carboxylic acids is 2. The molecule has 2 saturated heterocycles. The highest BCUT2D eigenvalue weighted by Gasteiger charge is 2.40. The molecule has 7 heteroatoms. The monoisotopic (exact) mass is 418 g/mol. The molecule has 0 unspecified atom stereocenters. The van der Waals surface area contributed by atoms with Gasteiger partial charge >= 0.3 is 0 Å². The molecular weight excluding hydrogens is 383 g/mol. The average molecular weight is 419 g/mol. The molecule has 2 aliphatic heterocycles. The molecule has 0 radical (unpaired) electrons. The number of anilines is 1. The fourth-order valence-electron chi connectivity index (χ4n) is 4.90. The molecule has 0 aromatic heterocycles. The van der Waals surface area contributed by atoms with E-state index >= 15 is 0 Å². The number of nitrogens with two attached hydrogens (primary N) is 1. The minimum Gasteiger partial charge on any atom is -0.341 e. The topological polar surface area (TPSA) is 78.7 Å². The number of nitrogens with one attached hydrogen (secondary N) is 1. The number of benzene rings is 1. The van der Waals surface area contributed by atoms with Crippen molar-refractivity contribution in [1.82, 2.24) is 9.80 Å². The molecule has 6 nitrogen and oxygen atoms in total. The van der Waals surface area contributed by atoms with E-state index in [1.54, 1.807) is 12.1 Å². The van der Waals surface area contributed by atoms with E-state index in [9.17, 15) is 14.0 Å². The standard InChI is InChI=1S/C23H35FN4O2/c1-15(2)12-20(25)23(30)28-10-8-16(9-11-28)21-13-17(14-27(21)3)22(29)26-19-6-4-18(24)5-7-19/h4-7,15-17,20-21H,8-14,25H2,1-3H3,(H,26,29)/t17-,20-,21+/m0/s1. The Morgan fingerprint density at radius 3 is 2.43 bits per heavy atom. The molecule has 2 heterocycles. The zero-order valence-corrected chi connectivity index (χ0v) is 18.3. The molecule has 0 aliphatic carbocycles. The van der Waals surface area contributed by atoms with Crippen molar-refractivity contribution < 1.29 is 14.0 Å². The van der Waals surface area contributed by atoms with E-state index in [2.05, 4.69) is 31.1 Å². The van der Waals surface area contributed by atoms with Gasteiger partial charge in [-0.2, -0.15) is 0 Å². The van der Waals surface area contributed by atoms with Gasteiger partial charge in [0.25, 0.3) is 0 Å². The Hall–Kier alpha value is -1.99. The summed E-state index contributed by atoms with van der Waals surface area (Å²) in [5.41, 5.74) is 6.71. The smallest absolute Gasteiger partial charge is 0.239 e. The summed E-state index contributed by atoms with van der Waals surface area (Å²) in [6.45, 7) is 6.37. The first-order valence-corrected chi connectivity index (χ1v) is 11.1. The summed E-state index contributed by atoms with van der Waals surface area (Å²) >= 11 is 0. The maximum Gasteiger partial charge on any atom is 0.239 e. The number of hydrogen-bond acceptors (Lipinski definition) is 4. The molecule has 3 atom stereocenters. The number of hydrogen-bond donors (Lipinski definition) is 2. The first kappa shape index (κ1) is 22.7. The predicted octanol–water partition coefficient (Wildman–Crippen LogP) is 2.70. The highest BCUT2D eigenvalue weighted by Crippen LogP contribution is 2.33. The van der Waals surface area contributed by atoms with Crippen molar-refractivity contribution in [1.29, 1.82) is 0 Å². The van der Waals surface area contributed by atoms with Crippen LogP contribution in [0.2, 0.25) is 0 Å². The first-order valence-electron chi connectivity index (χ1n) is 11.1. The van der Waals surface area contributed by atoms with Crippen molar-refractivity contribution in [3.05, 3.63) is 30.1 Å². The number of likely N-dealkylation sites (tertiary alicyclic amines) is 2. The van der Waals surface area contributed by atoms with Crippen molar-refractivity contribution in [3.8, 4) is 0 Å². The van der Waals surface area contributed by atoms with E-state index in [4.69, 9.17) is 5.73 Å². The highest BCUT2D eigenvalue weighted by molar-refractivity contribution is 5.92. The van der Waals surface area contributed by atoms with Crippen molar-refractivity contribution in [2.75, 3.05) is 32.0 Å². The summed E-state index contributed by atoms with van der Waals surface area (Å²) < 4.78 is 13.1. The number of rotatable bonds is 6. The van der Waals surface area contributed by atoms with Crippen LogP contribution in [0, 0.1) is 23.6 Å². The lowest BCUT2D eigenvalue weighted by Gasteiger charge is -2.38. The van der Waals surface area contributed by atoms with E-state index < -0.39 is 6.04 Å². The lowest BCUT2D eigenvalue weighted by atomic mass is 9.86. The maximum absolute atomic E-state index is 13.1. The zero-order chi connectivity index (χ0) is 21.8. The van der Waals surface area contributed by atoms with Crippen LogP contribution < -0.4 is 11.1 Å². The zero-order valence-electron chi connectivity index (χ0n) is 18.3. The number of carbonyl (C=O) groups is 2. The van der Waals surface area contributed by atoms with Gasteiger partial charge in [-0.05, 0) is 68.8 Å². The fourth-order valence-corrected chi connectivity index (χ4v) is 4.90. The summed E-state index contributed by atoms with van der Waals surface area (Å²) in [6, 6.07) is 5.80. The van der Waals surface area contributed by atoms with Gasteiger partial charge in [-0.15, -0.1) is 0 Å². The van der Waals surface area contributed by atoms with E-state index in [0.717, 1.165) is 45.3 Å². The Morgan fingerprint density at radius 1 is 1.20 bits per heavy atom. The molecule has 1 aromatic carbocycles. The van der Waals surface area contributed by atoms with Crippen LogP contribution in [0.25, 0.3) is 0 Å². The molecule has 166 valence electrons. The van der Waals surface area contributed by atoms with E-state index in [1.165, 1.54) is 12.1 Å². The Bertz CT molecular complexity index is 731. The van der Waals surface area contributed by atoms with Gasteiger partial charge in [0.1, 0.15) is 5.82 Å². The van der Waals surface area contributed by atoms with Crippen LogP contribution in [0.5, 0.6) is 0 Å². The van der Waals surface area contributed by atoms with Crippen LogP contribution in [0.1, 0.15) is 39.5 Å². The third kappa shape index (κ3) is 5.58. The fraction of sp³-hybridized carbons (Fsp3) is 0.652. The second kappa shape index (κ2) is 9.88. The van der Waals surface area contributed by atoms with Gasteiger partial charge in [0.2, 0.25) is 11.8 Å². The second-order valence-corrected chi connectivity index (χ2v) is 9.33. The summed E-state index contributed by atoms with van der Waals surface area (Å²) in [5, 5.41) is 2.91. The van der Waals surface area contributed by atoms with E-state index in [0.29, 0.717) is 23.6 Å². The third-order valence-corrected chi connectivity index (χ3v) is 6.52. The lowest BCUT2D eigenvalue weighted by molar-refractivity contribution is -0.134. The minimum absolute atomic E-state index is 0.0109. The normalized spacial score (nSPS) is 24.3. The molecule has 2 amide bonds. The summed E-state index contributed by atoms with van der Waals surface area (Å²) in [5.74, 6) is 0.546. The average Bonchev–Trinajstić information content (AvgIpc) is 3.10. The van der Waals surface area contributed by atoms with Crippen molar-refractivity contribution in [3.63, 3.8) is 0 Å². The summed E-state index contributed by atoms with van der Waals surface area (Å²) in [6.07, 6.45) is 3.42. The van der Waals surface area contributed by atoms with Gasteiger partial charge in [-0.25, -0.2) is 4.39 Å². The Kier molecular flexibility index (Phi) is 7.47. The Balaban J connectivity index is 1.50. The molecule has 0 spiro atoms. The van der Waals surface area contributed by atoms with Crippen LogP contribution in [-0.4, -0.2) is 60.4 Å². The van der Waals surface area contributed by atoms with Gasteiger partial charge in [0.15, 0.2) is 0 Å². The predicted molar refractivity (Wildman–Crippen MR) is 116 cm³/mol. The van der Waals surface area contributed by atoms with Crippen LogP contribution in [0.4, 0.5) is 10.1 Å². The first-order chi connectivity index (χ1) is 14.2. The third-order valence-electron chi connectivity index (χ3n) is 6.52. The summed E-state index contributed by atoms with van der Waals surface area (Å²) in [7, 11) is 2.08. The number of nitrogens with zero attached hydrogens (tertiary/aromatic N) is 2. The van der Waals surface area contributed by atoms with E-state index in [1.807, 2.05) is 4.90 Å². The van der Waals surface area contributed by atoms with Crippen molar-refractivity contribution in [2.24, 2.45) is 23.5 Å². The molecular formula is C23H35FN4O2. The molecule has 0 bridgehead atoms. The molecule has 3 rings (SSSR count). The van der Waals surface area contributed by atoms with E-state index in [-0.39, 0.29) is 23.5 Å². The number of piperidine rings is 1.